The zero-order valence-electron chi connectivity index (χ0n) is 15.7. The molecule has 0 spiro atoms. The van der Waals surface area contributed by atoms with Gasteiger partial charge in [0.2, 0.25) is 10.0 Å². The van der Waals surface area contributed by atoms with Crippen LogP contribution in [0.5, 0.6) is 0 Å². The predicted molar refractivity (Wildman–Crippen MR) is 105 cm³/mol. The summed E-state index contributed by atoms with van der Waals surface area (Å²) >= 11 is 0. The van der Waals surface area contributed by atoms with Crippen LogP contribution in [0.15, 0.2) is 46.2 Å². The van der Waals surface area contributed by atoms with E-state index >= 15 is 0 Å². The van der Waals surface area contributed by atoms with Crippen LogP contribution < -0.4 is 32.8 Å². The molecule has 2 aromatic carbocycles. The predicted octanol–water partition coefficient (Wildman–Crippen LogP) is -0.132. The fourth-order valence-electron chi connectivity index (χ4n) is 3.18. The molecule has 0 aliphatic carbocycles. The van der Waals surface area contributed by atoms with Crippen molar-refractivity contribution in [3.05, 3.63) is 47.5 Å². The van der Waals surface area contributed by atoms with E-state index in [-0.39, 0.29) is 33.9 Å². The van der Waals surface area contributed by atoms with Gasteiger partial charge in [-0.2, -0.15) is 24.2 Å². The SMILES string of the molecule is NCCS(=O)(=O)c1ccc(-c2ccc(C(F)(F)F)c(S(N)(=O)=O)c2C2NNNN2)cc1. The van der Waals surface area contributed by atoms with E-state index in [9.17, 15) is 30.0 Å². The Morgan fingerprint density at radius 1 is 0.935 bits per heavy atom. The minimum atomic E-state index is -4.99. The van der Waals surface area contributed by atoms with Gasteiger partial charge in [0.15, 0.2) is 9.84 Å². The summed E-state index contributed by atoms with van der Waals surface area (Å²) in [6, 6.07) is 6.97. The van der Waals surface area contributed by atoms with Crippen LogP contribution in [0, 0.1) is 0 Å². The average molecular weight is 480 g/mol. The van der Waals surface area contributed by atoms with E-state index in [4.69, 9.17) is 10.9 Å². The van der Waals surface area contributed by atoms with Crippen molar-refractivity contribution in [1.29, 1.82) is 0 Å². The molecule has 0 saturated carbocycles. The summed E-state index contributed by atoms with van der Waals surface area (Å²) in [5.74, 6) is -0.277. The third-order valence-corrected chi connectivity index (χ3v) is 7.25. The first-order chi connectivity index (χ1) is 14.4. The number of halogens is 3. The third-order valence-electron chi connectivity index (χ3n) is 4.48. The van der Waals surface area contributed by atoms with Crippen molar-refractivity contribution < 1.29 is 30.0 Å². The molecule has 0 atom stereocenters. The molecule has 0 aromatic heterocycles. The van der Waals surface area contributed by atoms with Crippen LogP contribution in [0.25, 0.3) is 11.1 Å². The summed E-state index contributed by atoms with van der Waals surface area (Å²) < 4.78 is 89.4. The van der Waals surface area contributed by atoms with E-state index in [1.807, 2.05) is 0 Å². The highest BCUT2D eigenvalue weighted by molar-refractivity contribution is 7.91. The molecule has 0 bridgehead atoms. The van der Waals surface area contributed by atoms with Gasteiger partial charge in [0.05, 0.1) is 16.2 Å². The molecule has 2 aromatic rings. The second-order valence-electron chi connectivity index (χ2n) is 6.55. The second-order valence-corrected chi connectivity index (χ2v) is 10.2. The summed E-state index contributed by atoms with van der Waals surface area (Å²) in [4.78, 5) is -1.13. The van der Waals surface area contributed by atoms with Crippen molar-refractivity contribution >= 4 is 19.9 Å². The number of hydrazine groups is 3. The van der Waals surface area contributed by atoms with Crippen molar-refractivity contribution in [2.75, 3.05) is 12.3 Å². The summed E-state index contributed by atoms with van der Waals surface area (Å²) in [6.45, 7) is -0.0795. The molecule has 8 N–H and O–H groups in total. The van der Waals surface area contributed by atoms with Gasteiger partial charge in [-0.3, -0.25) is 0 Å². The summed E-state index contributed by atoms with van der Waals surface area (Å²) in [5, 5.41) is 5.17. The Hall–Kier alpha value is -2.11. The Balaban J connectivity index is 2.26. The Morgan fingerprint density at radius 2 is 1.52 bits per heavy atom. The molecule has 1 aliphatic rings. The molecule has 1 fully saturated rings. The first kappa shape index (κ1) is 23.6. The molecule has 1 heterocycles. The largest absolute Gasteiger partial charge is 0.417 e. The normalized spacial score (nSPS) is 16.0. The zero-order chi connectivity index (χ0) is 23.0. The van der Waals surface area contributed by atoms with E-state index in [1.54, 1.807) is 0 Å². The van der Waals surface area contributed by atoms with Crippen LogP contribution in [0.1, 0.15) is 17.3 Å². The standard InChI is InChI=1S/C16H19F3N6O4S2/c17-16(18,19)12-6-5-11(9-1-3-10(4-2-9)30(26,27)8-7-20)13(14(12)31(21,28)29)15-22-24-25-23-15/h1-6,15,22-25H,7-8,20H2,(H2,21,28,29). The lowest BCUT2D eigenvalue weighted by atomic mass is 9.95. The first-order valence-corrected chi connectivity index (χ1v) is 11.9. The Labute approximate surface area is 176 Å². The minimum Gasteiger partial charge on any atom is -0.329 e. The van der Waals surface area contributed by atoms with Crippen molar-refractivity contribution in [1.82, 2.24) is 21.9 Å². The van der Waals surface area contributed by atoms with Crippen LogP contribution in [-0.4, -0.2) is 29.1 Å². The number of primary sulfonamides is 1. The van der Waals surface area contributed by atoms with Gasteiger partial charge in [-0.25, -0.2) is 32.8 Å². The van der Waals surface area contributed by atoms with E-state index in [1.165, 1.54) is 24.3 Å². The quantitative estimate of drug-likeness (QED) is 0.330. The molecule has 1 aliphatic heterocycles. The molecule has 170 valence electrons. The molecular weight excluding hydrogens is 461 g/mol. The maximum Gasteiger partial charge on any atom is 0.417 e. The number of hydrogen-bond acceptors (Lipinski definition) is 9. The Bertz CT molecular complexity index is 1180. The number of alkyl halides is 3. The van der Waals surface area contributed by atoms with Gasteiger partial charge in [0, 0.05) is 12.1 Å². The second kappa shape index (κ2) is 8.44. The lowest BCUT2D eigenvalue weighted by molar-refractivity contribution is -0.140. The molecule has 0 unspecified atom stereocenters. The number of benzene rings is 2. The van der Waals surface area contributed by atoms with Gasteiger partial charge in [0.25, 0.3) is 0 Å². The van der Waals surface area contributed by atoms with Gasteiger partial charge < -0.3 is 5.73 Å². The molecule has 0 radical (unpaired) electrons. The van der Waals surface area contributed by atoms with Crippen molar-refractivity contribution in [2.45, 2.75) is 22.1 Å². The summed E-state index contributed by atoms with van der Waals surface area (Å²) in [6.07, 6.45) is -6.11. The highest BCUT2D eigenvalue weighted by Crippen LogP contribution is 2.41. The molecule has 1 saturated heterocycles. The van der Waals surface area contributed by atoms with Crippen LogP contribution in [0.4, 0.5) is 13.2 Å². The monoisotopic (exact) mass is 480 g/mol. The van der Waals surface area contributed by atoms with Crippen molar-refractivity contribution in [3.63, 3.8) is 0 Å². The number of nitrogens with one attached hydrogen (secondary N) is 4. The van der Waals surface area contributed by atoms with Gasteiger partial charge in [-0.05, 0) is 29.3 Å². The van der Waals surface area contributed by atoms with Gasteiger partial charge in [0.1, 0.15) is 11.1 Å². The number of sulfone groups is 1. The number of hydrogen-bond donors (Lipinski definition) is 6. The summed E-state index contributed by atoms with van der Waals surface area (Å²) in [7, 11) is -8.45. The fraction of sp³-hybridized carbons (Fsp3) is 0.250. The maximum atomic E-state index is 13.6. The van der Waals surface area contributed by atoms with E-state index in [2.05, 4.69) is 21.9 Å². The van der Waals surface area contributed by atoms with Crippen LogP contribution in [0.3, 0.4) is 0 Å². The fourth-order valence-corrected chi connectivity index (χ4v) is 5.30. The van der Waals surface area contributed by atoms with Crippen molar-refractivity contribution in [3.8, 4) is 11.1 Å². The van der Waals surface area contributed by atoms with Crippen LogP contribution >= 0.6 is 0 Å². The number of rotatable bonds is 6. The van der Waals surface area contributed by atoms with E-state index in [0.29, 0.717) is 6.07 Å². The van der Waals surface area contributed by atoms with Gasteiger partial charge >= 0.3 is 6.18 Å². The Kier molecular flexibility index (Phi) is 6.41. The maximum absolute atomic E-state index is 13.6. The summed E-state index contributed by atoms with van der Waals surface area (Å²) in [5.41, 5.74) is 13.9. The van der Waals surface area contributed by atoms with Gasteiger partial charge in [-0.15, -0.1) is 0 Å². The third kappa shape index (κ3) is 4.88. The highest BCUT2D eigenvalue weighted by Gasteiger charge is 2.40. The molecule has 31 heavy (non-hydrogen) atoms. The van der Waals surface area contributed by atoms with Gasteiger partial charge in [-0.1, -0.05) is 18.2 Å². The van der Waals surface area contributed by atoms with Crippen molar-refractivity contribution in [2.24, 2.45) is 10.9 Å². The molecular formula is C16H19F3N6O4S2. The molecule has 15 heteroatoms. The smallest absolute Gasteiger partial charge is 0.329 e. The number of nitrogens with two attached hydrogens (primary N) is 2. The van der Waals surface area contributed by atoms with E-state index < -0.39 is 42.7 Å². The molecule has 3 rings (SSSR count). The first-order valence-electron chi connectivity index (χ1n) is 8.67. The highest BCUT2D eigenvalue weighted by atomic mass is 32.2. The topological polar surface area (TPSA) is 168 Å². The lowest BCUT2D eigenvalue weighted by Gasteiger charge is -2.22. The zero-order valence-corrected chi connectivity index (χ0v) is 17.3. The lowest BCUT2D eigenvalue weighted by Crippen LogP contribution is -2.33. The van der Waals surface area contributed by atoms with E-state index in [0.717, 1.165) is 6.07 Å². The average Bonchev–Trinajstić information content (AvgIpc) is 3.20. The Morgan fingerprint density at radius 3 is 2.00 bits per heavy atom. The molecule has 0 amide bonds. The molecule has 10 nitrogen and oxygen atoms in total. The van der Waals surface area contributed by atoms with Crippen LogP contribution in [0.2, 0.25) is 0 Å². The minimum absolute atomic E-state index is 0.0257. The number of sulfonamides is 1. The van der Waals surface area contributed by atoms with Crippen LogP contribution in [-0.2, 0) is 26.0 Å².